The van der Waals surface area contributed by atoms with Gasteiger partial charge in [-0.05, 0) is 52.3 Å². The molecule has 0 radical (unpaired) electrons. The Morgan fingerprint density at radius 2 is 1.45 bits per heavy atom. The Morgan fingerprint density at radius 1 is 0.966 bits per heavy atom. The Hall–Kier alpha value is -2.51. The lowest BCUT2D eigenvalue weighted by Crippen LogP contribution is -2.41. The van der Waals surface area contributed by atoms with Gasteiger partial charge >= 0.3 is 5.97 Å². The highest BCUT2D eigenvalue weighted by atomic mass is 32.2. The first kappa shape index (κ1) is 22.8. The predicted octanol–water partition coefficient (Wildman–Crippen LogP) is 3.91. The van der Waals surface area contributed by atoms with Gasteiger partial charge in [0.2, 0.25) is 0 Å². The van der Waals surface area contributed by atoms with Crippen molar-refractivity contribution in [1.82, 2.24) is 0 Å². The molecule has 0 spiro atoms. The molecule has 0 fully saturated rings. The number of ether oxygens (including phenoxy) is 1. The van der Waals surface area contributed by atoms with Gasteiger partial charge in [-0.2, -0.15) is 8.42 Å². The average Bonchev–Trinajstić information content (AvgIpc) is 2.66. The smallest absolute Gasteiger partial charge is 0.322 e. The van der Waals surface area contributed by atoms with Crippen LogP contribution in [0.1, 0.15) is 43.6 Å². The quantitative estimate of drug-likeness (QED) is 0.367. The summed E-state index contributed by atoms with van der Waals surface area (Å²) in [5.74, 6) is -1.38. The third-order valence-corrected chi connectivity index (χ3v) is 6.15. The van der Waals surface area contributed by atoms with Gasteiger partial charge < -0.3 is 4.74 Å². The number of hydrogen-bond acceptors (Lipinski definition) is 6. The molecule has 156 valence electrons. The van der Waals surface area contributed by atoms with Crippen LogP contribution in [-0.4, -0.2) is 26.8 Å². The second-order valence-electron chi connectivity index (χ2n) is 7.38. The molecule has 0 aliphatic carbocycles. The molecular formula is C22H26O6S. The number of Topliss-reactive ketones (excluding diaryl/α,β-unsaturated/α-hetero) is 1. The van der Waals surface area contributed by atoms with Gasteiger partial charge in [0.05, 0.1) is 11.5 Å². The van der Waals surface area contributed by atoms with Crippen LogP contribution in [0.25, 0.3) is 0 Å². The summed E-state index contributed by atoms with van der Waals surface area (Å²) in [6.45, 7) is 7.35. The van der Waals surface area contributed by atoms with Crippen LogP contribution in [0.15, 0.2) is 53.4 Å². The van der Waals surface area contributed by atoms with Crippen molar-refractivity contribution in [1.29, 1.82) is 0 Å². The number of rotatable bonds is 8. The van der Waals surface area contributed by atoms with Crippen molar-refractivity contribution in [2.24, 2.45) is 5.41 Å². The zero-order valence-electron chi connectivity index (χ0n) is 17.3. The molecule has 29 heavy (non-hydrogen) atoms. The Morgan fingerprint density at radius 3 is 1.93 bits per heavy atom. The molecule has 7 heteroatoms. The van der Waals surface area contributed by atoms with Gasteiger partial charge in [0.15, 0.2) is 0 Å². The van der Waals surface area contributed by atoms with E-state index < -0.39 is 40.0 Å². The second-order valence-corrected chi connectivity index (χ2v) is 8.99. The minimum atomic E-state index is -4.12. The summed E-state index contributed by atoms with van der Waals surface area (Å²) < 4.78 is 35.4. The van der Waals surface area contributed by atoms with E-state index >= 15 is 0 Å². The Kier molecular flexibility index (Phi) is 6.97. The lowest BCUT2D eigenvalue weighted by Gasteiger charge is -2.26. The summed E-state index contributed by atoms with van der Waals surface area (Å²) in [7, 11) is -4.12. The minimum Gasteiger partial charge on any atom is -0.457 e. The van der Waals surface area contributed by atoms with Gasteiger partial charge in [-0.1, -0.05) is 47.5 Å². The molecule has 0 heterocycles. The van der Waals surface area contributed by atoms with Crippen LogP contribution in [-0.2, 0) is 28.6 Å². The SMILES string of the molecule is CC(=O)C(C)(COS(=O)(=O)c1ccc(C)cc1)C(=O)OC(C)c1ccc(C)cc1. The molecule has 0 saturated heterocycles. The van der Waals surface area contributed by atoms with E-state index in [1.165, 1.54) is 26.0 Å². The molecule has 2 aromatic carbocycles. The lowest BCUT2D eigenvalue weighted by atomic mass is 9.87. The normalized spacial score (nSPS) is 14.7. The van der Waals surface area contributed by atoms with Crippen molar-refractivity contribution in [3.8, 4) is 0 Å². The van der Waals surface area contributed by atoms with Crippen molar-refractivity contribution < 1.29 is 26.9 Å². The molecule has 0 aliphatic rings. The molecule has 2 atom stereocenters. The van der Waals surface area contributed by atoms with Crippen LogP contribution in [0.4, 0.5) is 0 Å². The first-order valence-electron chi connectivity index (χ1n) is 9.20. The summed E-state index contributed by atoms with van der Waals surface area (Å²) in [5, 5.41) is 0. The fraction of sp³-hybridized carbons (Fsp3) is 0.364. The lowest BCUT2D eigenvalue weighted by molar-refractivity contribution is -0.165. The number of ketones is 1. The summed E-state index contributed by atoms with van der Waals surface area (Å²) in [5.41, 5.74) is 0.973. The minimum absolute atomic E-state index is 0.0459. The zero-order valence-corrected chi connectivity index (χ0v) is 18.1. The zero-order chi connectivity index (χ0) is 21.8. The van der Waals surface area contributed by atoms with E-state index in [9.17, 15) is 18.0 Å². The third-order valence-electron chi connectivity index (χ3n) is 4.87. The van der Waals surface area contributed by atoms with E-state index in [-0.39, 0.29) is 4.90 Å². The van der Waals surface area contributed by atoms with Crippen molar-refractivity contribution in [3.63, 3.8) is 0 Å². The third kappa shape index (κ3) is 5.52. The Labute approximate surface area is 172 Å². The maximum Gasteiger partial charge on any atom is 0.322 e. The molecule has 0 aliphatic heterocycles. The Balaban J connectivity index is 2.15. The van der Waals surface area contributed by atoms with Crippen molar-refractivity contribution in [3.05, 3.63) is 65.2 Å². The van der Waals surface area contributed by atoms with Crippen molar-refractivity contribution >= 4 is 21.9 Å². The van der Waals surface area contributed by atoms with E-state index in [0.717, 1.165) is 16.7 Å². The average molecular weight is 419 g/mol. The van der Waals surface area contributed by atoms with Crippen LogP contribution < -0.4 is 0 Å². The van der Waals surface area contributed by atoms with Crippen LogP contribution in [0.2, 0.25) is 0 Å². The van der Waals surface area contributed by atoms with Gasteiger partial charge in [-0.25, -0.2) is 0 Å². The predicted molar refractivity (Wildman–Crippen MR) is 109 cm³/mol. The molecule has 0 saturated carbocycles. The fourth-order valence-corrected chi connectivity index (χ4v) is 3.47. The number of aryl methyl sites for hydroxylation is 2. The number of benzene rings is 2. The molecule has 0 aromatic heterocycles. The molecule has 2 rings (SSSR count). The highest BCUT2D eigenvalue weighted by Gasteiger charge is 2.43. The number of hydrogen-bond donors (Lipinski definition) is 0. The number of esters is 1. The first-order chi connectivity index (χ1) is 13.5. The van der Waals surface area contributed by atoms with Crippen molar-refractivity contribution in [2.45, 2.75) is 45.6 Å². The van der Waals surface area contributed by atoms with Crippen LogP contribution in [0, 0.1) is 19.3 Å². The van der Waals surface area contributed by atoms with E-state index in [1.54, 1.807) is 19.1 Å². The van der Waals surface area contributed by atoms with Gasteiger partial charge in [-0.3, -0.25) is 13.8 Å². The monoisotopic (exact) mass is 418 g/mol. The largest absolute Gasteiger partial charge is 0.457 e. The fourth-order valence-electron chi connectivity index (χ4n) is 2.47. The van der Waals surface area contributed by atoms with Crippen LogP contribution >= 0.6 is 0 Å². The second kappa shape index (κ2) is 8.88. The van der Waals surface area contributed by atoms with Gasteiger partial charge in [0.1, 0.15) is 17.3 Å². The summed E-state index contributed by atoms with van der Waals surface area (Å²) in [6.07, 6.45) is -0.601. The Bertz CT molecular complexity index is 977. The molecule has 0 N–H and O–H groups in total. The maximum atomic E-state index is 12.7. The van der Waals surface area contributed by atoms with Gasteiger partial charge in [-0.15, -0.1) is 0 Å². The van der Waals surface area contributed by atoms with Crippen LogP contribution in [0.5, 0.6) is 0 Å². The van der Waals surface area contributed by atoms with E-state index in [0.29, 0.717) is 0 Å². The summed E-state index contributed by atoms with van der Waals surface area (Å²) in [4.78, 5) is 24.9. The highest BCUT2D eigenvalue weighted by molar-refractivity contribution is 7.86. The molecular weight excluding hydrogens is 392 g/mol. The van der Waals surface area contributed by atoms with E-state index in [1.807, 2.05) is 38.1 Å². The molecule has 2 aromatic rings. The van der Waals surface area contributed by atoms with E-state index in [2.05, 4.69) is 0 Å². The van der Waals surface area contributed by atoms with Gasteiger partial charge in [0.25, 0.3) is 10.1 Å². The summed E-state index contributed by atoms with van der Waals surface area (Å²) >= 11 is 0. The first-order valence-corrected chi connectivity index (χ1v) is 10.6. The number of carbonyl (C=O) groups is 2. The highest BCUT2D eigenvalue weighted by Crippen LogP contribution is 2.27. The topological polar surface area (TPSA) is 86.7 Å². The summed E-state index contributed by atoms with van der Waals surface area (Å²) in [6, 6.07) is 13.5. The maximum absolute atomic E-state index is 12.7. The van der Waals surface area contributed by atoms with Gasteiger partial charge in [0, 0.05) is 0 Å². The van der Waals surface area contributed by atoms with Crippen molar-refractivity contribution in [2.75, 3.05) is 6.61 Å². The standard InChI is InChI=1S/C22H26O6S/c1-15-6-10-19(11-7-15)17(3)28-21(24)22(5,18(4)23)14-27-29(25,26)20-12-8-16(2)9-13-20/h6-13,17H,14H2,1-5H3. The van der Waals surface area contributed by atoms with Crippen LogP contribution in [0.3, 0.4) is 0 Å². The number of carbonyl (C=O) groups excluding carboxylic acids is 2. The molecule has 2 unspecified atom stereocenters. The molecule has 6 nitrogen and oxygen atoms in total. The van der Waals surface area contributed by atoms with E-state index in [4.69, 9.17) is 8.92 Å². The molecule has 0 bridgehead atoms. The molecule has 0 amide bonds.